The summed E-state index contributed by atoms with van der Waals surface area (Å²) in [5.41, 5.74) is 1.81. The molecule has 2 heterocycles. The van der Waals surface area contributed by atoms with Crippen LogP contribution in [0.1, 0.15) is 24.8 Å². The van der Waals surface area contributed by atoms with Crippen LogP contribution in [0.4, 0.5) is 5.13 Å². The zero-order valence-electron chi connectivity index (χ0n) is 16.2. The number of amides is 1. The van der Waals surface area contributed by atoms with Gasteiger partial charge in [0.1, 0.15) is 6.04 Å². The fourth-order valence-corrected chi connectivity index (χ4v) is 5.80. The molecule has 0 spiro atoms. The van der Waals surface area contributed by atoms with Gasteiger partial charge >= 0.3 is 0 Å². The maximum absolute atomic E-state index is 13.6. The Morgan fingerprint density at radius 1 is 1.14 bits per heavy atom. The molecular formula is C21H23N3O3S2. The van der Waals surface area contributed by atoms with E-state index < -0.39 is 16.1 Å². The molecule has 4 rings (SSSR count). The highest BCUT2D eigenvalue weighted by atomic mass is 32.2. The molecule has 1 amide bonds. The molecule has 152 valence electrons. The summed E-state index contributed by atoms with van der Waals surface area (Å²) in [7, 11) is -3.46. The van der Waals surface area contributed by atoms with Crippen LogP contribution in [-0.4, -0.2) is 42.5 Å². The van der Waals surface area contributed by atoms with Gasteiger partial charge in [-0.15, -0.1) is 0 Å². The van der Waals surface area contributed by atoms with E-state index in [1.165, 1.54) is 21.9 Å². The summed E-state index contributed by atoms with van der Waals surface area (Å²) in [6.45, 7) is 0.738. The first-order valence-corrected chi connectivity index (χ1v) is 12.3. The highest BCUT2D eigenvalue weighted by Crippen LogP contribution is 2.32. The van der Waals surface area contributed by atoms with E-state index >= 15 is 0 Å². The number of anilines is 1. The van der Waals surface area contributed by atoms with Crippen molar-refractivity contribution in [1.82, 2.24) is 9.29 Å². The van der Waals surface area contributed by atoms with Gasteiger partial charge in [-0.05, 0) is 30.5 Å². The number of thiazole rings is 1. The zero-order chi connectivity index (χ0) is 20.4. The number of nitrogens with zero attached hydrogens (tertiary/aromatic N) is 3. The van der Waals surface area contributed by atoms with Crippen LogP contribution in [0.3, 0.4) is 0 Å². The summed E-state index contributed by atoms with van der Waals surface area (Å²) < 4.78 is 27.0. The Morgan fingerprint density at radius 2 is 1.86 bits per heavy atom. The number of hydrogen-bond donors (Lipinski definition) is 0. The van der Waals surface area contributed by atoms with Crippen molar-refractivity contribution in [3.05, 3.63) is 60.2 Å². The van der Waals surface area contributed by atoms with Crippen molar-refractivity contribution in [3.8, 4) is 0 Å². The van der Waals surface area contributed by atoms with Gasteiger partial charge in [0, 0.05) is 6.54 Å². The number of sulfonamides is 1. The minimum atomic E-state index is -3.46. The molecule has 8 heteroatoms. The summed E-state index contributed by atoms with van der Waals surface area (Å²) in [5.74, 6) is -0.210. The Bertz CT molecular complexity index is 1080. The molecule has 3 aromatic rings. The Hall–Kier alpha value is -2.29. The molecule has 0 aliphatic carbocycles. The summed E-state index contributed by atoms with van der Waals surface area (Å²) in [4.78, 5) is 19.9. The number of benzene rings is 2. The van der Waals surface area contributed by atoms with Gasteiger partial charge in [-0.1, -0.05) is 60.2 Å². The van der Waals surface area contributed by atoms with Crippen molar-refractivity contribution in [2.75, 3.05) is 17.7 Å². The minimum absolute atomic E-state index is 0.210. The summed E-state index contributed by atoms with van der Waals surface area (Å²) in [6, 6.07) is 16.8. The van der Waals surface area contributed by atoms with Gasteiger partial charge in [0.2, 0.25) is 15.9 Å². The number of para-hydroxylation sites is 1. The van der Waals surface area contributed by atoms with E-state index in [1.807, 2.05) is 54.6 Å². The molecular weight excluding hydrogens is 406 g/mol. The van der Waals surface area contributed by atoms with Crippen LogP contribution in [0, 0.1) is 0 Å². The number of rotatable bonds is 5. The average Bonchev–Trinajstić information content (AvgIpc) is 3.15. The van der Waals surface area contributed by atoms with Gasteiger partial charge in [-0.3, -0.25) is 9.69 Å². The second kappa shape index (κ2) is 8.22. The molecule has 1 fully saturated rings. The number of carbonyl (C=O) groups is 1. The number of piperidine rings is 1. The molecule has 0 saturated carbocycles. The molecule has 1 aromatic heterocycles. The van der Waals surface area contributed by atoms with Crippen LogP contribution in [-0.2, 0) is 21.4 Å². The summed E-state index contributed by atoms with van der Waals surface area (Å²) in [6.07, 6.45) is 3.32. The van der Waals surface area contributed by atoms with Crippen LogP contribution < -0.4 is 4.90 Å². The lowest BCUT2D eigenvalue weighted by molar-refractivity contribution is -0.123. The minimum Gasteiger partial charge on any atom is -0.282 e. The first-order valence-electron chi connectivity index (χ1n) is 9.61. The molecule has 1 atom stereocenters. The van der Waals surface area contributed by atoms with Gasteiger partial charge in [0.15, 0.2) is 5.13 Å². The fourth-order valence-electron chi connectivity index (χ4n) is 3.71. The predicted octanol–water partition coefficient (Wildman–Crippen LogP) is 3.64. The Morgan fingerprint density at radius 3 is 2.59 bits per heavy atom. The molecule has 1 saturated heterocycles. The molecule has 1 unspecified atom stereocenters. The van der Waals surface area contributed by atoms with Gasteiger partial charge in [-0.2, -0.15) is 4.31 Å². The van der Waals surface area contributed by atoms with Crippen molar-refractivity contribution in [3.63, 3.8) is 0 Å². The third kappa shape index (κ3) is 4.34. The molecule has 1 aliphatic heterocycles. The monoisotopic (exact) mass is 429 g/mol. The Balaban J connectivity index is 1.73. The van der Waals surface area contributed by atoms with E-state index in [9.17, 15) is 13.2 Å². The standard InChI is InChI=1S/C21H23N3O3S2/c1-29(26,27)24-14-8-7-12-18(24)20(25)23(15-16-9-3-2-4-10-16)21-22-17-11-5-6-13-19(17)28-21/h2-6,9-11,13,18H,7-8,12,14-15H2,1H3. The van der Waals surface area contributed by atoms with Crippen LogP contribution >= 0.6 is 11.3 Å². The van der Waals surface area contributed by atoms with Crippen LogP contribution in [0.2, 0.25) is 0 Å². The number of hydrogen-bond acceptors (Lipinski definition) is 5. The van der Waals surface area contributed by atoms with Crippen molar-refractivity contribution in [1.29, 1.82) is 0 Å². The quantitative estimate of drug-likeness (QED) is 0.621. The van der Waals surface area contributed by atoms with E-state index in [4.69, 9.17) is 0 Å². The highest BCUT2D eigenvalue weighted by molar-refractivity contribution is 7.88. The molecule has 6 nitrogen and oxygen atoms in total. The highest BCUT2D eigenvalue weighted by Gasteiger charge is 2.38. The maximum Gasteiger partial charge on any atom is 0.247 e. The Labute approximate surface area is 174 Å². The van der Waals surface area contributed by atoms with Gasteiger partial charge < -0.3 is 0 Å². The fraction of sp³-hybridized carbons (Fsp3) is 0.333. The first-order chi connectivity index (χ1) is 13.9. The normalized spacial score (nSPS) is 18.0. The number of aromatic nitrogens is 1. The van der Waals surface area contributed by atoms with E-state index in [0.717, 1.165) is 28.6 Å². The molecule has 0 radical (unpaired) electrons. The maximum atomic E-state index is 13.6. The first kappa shape index (κ1) is 20.0. The second-order valence-corrected chi connectivity index (χ2v) is 10.2. The molecule has 2 aromatic carbocycles. The predicted molar refractivity (Wildman–Crippen MR) is 116 cm³/mol. The number of carbonyl (C=O) groups excluding carboxylic acids is 1. The molecule has 1 aliphatic rings. The molecule has 29 heavy (non-hydrogen) atoms. The summed E-state index contributed by atoms with van der Waals surface area (Å²) >= 11 is 1.45. The SMILES string of the molecule is CS(=O)(=O)N1CCCCC1C(=O)N(Cc1ccccc1)c1nc2ccccc2s1. The van der Waals surface area contributed by atoms with E-state index in [1.54, 1.807) is 4.90 Å². The van der Waals surface area contributed by atoms with Gasteiger partial charge in [0.05, 0.1) is 23.0 Å². The smallest absolute Gasteiger partial charge is 0.247 e. The van der Waals surface area contributed by atoms with Crippen LogP contribution in [0.15, 0.2) is 54.6 Å². The zero-order valence-corrected chi connectivity index (χ0v) is 17.8. The van der Waals surface area contributed by atoms with Crippen LogP contribution in [0.5, 0.6) is 0 Å². The second-order valence-electron chi connectivity index (χ2n) is 7.26. The van der Waals surface area contributed by atoms with Crippen molar-refractivity contribution >= 4 is 42.6 Å². The largest absolute Gasteiger partial charge is 0.282 e. The van der Waals surface area contributed by atoms with Gasteiger partial charge in [0.25, 0.3) is 0 Å². The third-order valence-electron chi connectivity index (χ3n) is 5.13. The van der Waals surface area contributed by atoms with E-state index in [0.29, 0.717) is 24.6 Å². The van der Waals surface area contributed by atoms with Crippen molar-refractivity contribution in [2.45, 2.75) is 31.8 Å². The Kier molecular flexibility index (Phi) is 5.67. The van der Waals surface area contributed by atoms with E-state index in [-0.39, 0.29) is 5.91 Å². The summed E-state index contributed by atoms with van der Waals surface area (Å²) in [5, 5.41) is 0.596. The lowest BCUT2D eigenvalue weighted by Crippen LogP contribution is -2.52. The number of fused-ring (bicyclic) bond motifs is 1. The van der Waals surface area contributed by atoms with Crippen molar-refractivity contribution in [2.24, 2.45) is 0 Å². The third-order valence-corrected chi connectivity index (χ3v) is 7.48. The molecule has 0 N–H and O–H groups in total. The molecule has 0 bridgehead atoms. The lowest BCUT2D eigenvalue weighted by Gasteiger charge is -2.35. The van der Waals surface area contributed by atoms with Gasteiger partial charge in [-0.25, -0.2) is 13.4 Å². The average molecular weight is 430 g/mol. The van der Waals surface area contributed by atoms with E-state index in [2.05, 4.69) is 4.98 Å². The topological polar surface area (TPSA) is 70.6 Å². The van der Waals surface area contributed by atoms with Crippen LogP contribution in [0.25, 0.3) is 10.2 Å². The lowest BCUT2D eigenvalue weighted by atomic mass is 10.0. The van der Waals surface area contributed by atoms with Crippen molar-refractivity contribution < 1.29 is 13.2 Å².